The lowest BCUT2D eigenvalue weighted by molar-refractivity contribution is 0.173. The van der Waals surface area contributed by atoms with Crippen LogP contribution in [-0.2, 0) is 0 Å². The number of rotatable bonds is 2. The largest absolute Gasteiger partial charge is 0.454 e. The number of aromatic amines is 1. The summed E-state index contributed by atoms with van der Waals surface area (Å²) < 4.78 is 23.9. The van der Waals surface area contributed by atoms with Gasteiger partial charge in [0.15, 0.2) is 33.6 Å². The Hall–Kier alpha value is -3.00. The van der Waals surface area contributed by atoms with Gasteiger partial charge in [0.1, 0.15) is 0 Å². The van der Waals surface area contributed by atoms with Gasteiger partial charge in [0.25, 0.3) is 0 Å². The Kier molecular flexibility index (Phi) is 2.80. The van der Waals surface area contributed by atoms with E-state index < -0.39 is 0 Å². The molecule has 0 saturated carbocycles. The lowest BCUT2D eigenvalue weighted by Crippen LogP contribution is -1.98. The van der Waals surface area contributed by atoms with Crippen molar-refractivity contribution in [1.82, 2.24) is 14.8 Å². The second-order valence-electron chi connectivity index (χ2n) is 5.29. The van der Waals surface area contributed by atoms with Crippen molar-refractivity contribution in [2.75, 3.05) is 13.6 Å². The molecule has 2 aliphatic rings. The van der Waals surface area contributed by atoms with Gasteiger partial charge in [-0.15, -0.1) is 0 Å². The molecule has 0 atom stereocenters. The maximum absolute atomic E-state index is 5.45. The highest BCUT2D eigenvalue weighted by Crippen LogP contribution is 2.37. The fourth-order valence-corrected chi connectivity index (χ4v) is 3.03. The fourth-order valence-electron chi connectivity index (χ4n) is 2.79. The summed E-state index contributed by atoms with van der Waals surface area (Å²) >= 11 is 5.40. The maximum atomic E-state index is 5.45. The van der Waals surface area contributed by atoms with Crippen molar-refractivity contribution in [2.45, 2.75) is 0 Å². The maximum Gasteiger partial charge on any atom is 0.231 e. The van der Waals surface area contributed by atoms with Crippen LogP contribution in [0.4, 0.5) is 0 Å². The van der Waals surface area contributed by atoms with Crippen LogP contribution in [0.1, 0.15) is 0 Å². The van der Waals surface area contributed by atoms with Gasteiger partial charge in [-0.25, -0.2) is 0 Å². The van der Waals surface area contributed by atoms with Gasteiger partial charge in [-0.05, 0) is 42.5 Å². The third kappa shape index (κ3) is 1.96. The summed E-state index contributed by atoms with van der Waals surface area (Å²) in [6.07, 6.45) is 0. The monoisotopic (exact) mass is 341 g/mol. The lowest BCUT2D eigenvalue weighted by atomic mass is 10.2. The Morgan fingerprint density at radius 1 is 0.875 bits per heavy atom. The van der Waals surface area contributed by atoms with Gasteiger partial charge in [0.05, 0.1) is 5.69 Å². The van der Waals surface area contributed by atoms with Crippen molar-refractivity contribution in [2.24, 2.45) is 0 Å². The fraction of sp³-hybridized carbons (Fsp3) is 0.125. The first kappa shape index (κ1) is 13.4. The van der Waals surface area contributed by atoms with E-state index in [-0.39, 0.29) is 13.6 Å². The van der Waals surface area contributed by atoms with Crippen molar-refractivity contribution < 1.29 is 18.9 Å². The molecule has 120 valence electrons. The van der Waals surface area contributed by atoms with Gasteiger partial charge < -0.3 is 18.9 Å². The molecule has 0 unspecified atom stereocenters. The van der Waals surface area contributed by atoms with Crippen LogP contribution in [0, 0.1) is 4.77 Å². The molecule has 0 saturated heterocycles. The minimum absolute atomic E-state index is 0.227. The number of H-pyrrole nitrogens is 1. The standard InChI is InChI=1S/C16H11N3O4S/c24-16-18-17-15(9-1-3-11-13(5-9)22-7-20-11)19(16)10-2-4-12-14(6-10)23-8-21-12/h1-6H,7-8H2,(H,18,24). The average Bonchev–Trinajstić information content (AvgIpc) is 3.32. The molecule has 7 nitrogen and oxygen atoms in total. The van der Waals surface area contributed by atoms with Crippen LogP contribution >= 0.6 is 12.2 Å². The zero-order chi connectivity index (χ0) is 16.1. The molecular weight excluding hydrogens is 330 g/mol. The zero-order valence-corrected chi connectivity index (χ0v) is 13.1. The van der Waals surface area contributed by atoms with Crippen LogP contribution in [0.25, 0.3) is 17.1 Å². The smallest absolute Gasteiger partial charge is 0.231 e. The first-order valence-corrected chi connectivity index (χ1v) is 7.68. The Bertz CT molecular complexity index is 1010. The molecule has 1 N–H and O–H groups in total. The van der Waals surface area contributed by atoms with Crippen LogP contribution < -0.4 is 18.9 Å². The van der Waals surface area contributed by atoms with Crippen molar-refractivity contribution in [1.29, 1.82) is 0 Å². The third-order valence-electron chi connectivity index (χ3n) is 3.92. The normalized spacial score (nSPS) is 14.2. The summed E-state index contributed by atoms with van der Waals surface area (Å²) in [4.78, 5) is 0. The van der Waals surface area contributed by atoms with E-state index in [1.54, 1.807) is 0 Å². The number of hydrogen-bond acceptors (Lipinski definition) is 6. The molecular formula is C16H11N3O4S. The summed E-state index contributed by atoms with van der Waals surface area (Å²) in [5.74, 6) is 3.50. The van der Waals surface area contributed by atoms with Gasteiger partial charge >= 0.3 is 0 Å². The topological polar surface area (TPSA) is 70.5 Å². The second kappa shape index (κ2) is 5.00. The highest BCUT2D eigenvalue weighted by molar-refractivity contribution is 7.71. The molecule has 24 heavy (non-hydrogen) atoms. The Balaban J connectivity index is 1.66. The first-order valence-electron chi connectivity index (χ1n) is 7.27. The van der Waals surface area contributed by atoms with Gasteiger partial charge in [-0.2, -0.15) is 5.10 Å². The predicted octanol–water partition coefficient (Wildman–Crippen LogP) is 3.05. The number of fused-ring (bicyclic) bond motifs is 2. The number of benzene rings is 2. The Morgan fingerprint density at radius 3 is 2.33 bits per heavy atom. The minimum atomic E-state index is 0.227. The molecule has 5 rings (SSSR count). The lowest BCUT2D eigenvalue weighted by Gasteiger charge is -2.08. The molecule has 0 bridgehead atoms. The molecule has 3 heterocycles. The summed E-state index contributed by atoms with van der Waals surface area (Å²) in [7, 11) is 0. The molecule has 1 aromatic heterocycles. The number of ether oxygens (including phenoxy) is 4. The summed E-state index contributed by atoms with van der Waals surface area (Å²) in [6.45, 7) is 0.457. The number of hydrogen-bond donors (Lipinski definition) is 1. The van der Waals surface area contributed by atoms with Crippen LogP contribution in [0.5, 0.6) is 23.0 Å². The molecule has 0 aliphatic carbocycles. The van der Waals surface area contributed by atoms with Gasteiger partial charge in [-0.1, -0.05) is 0 Å². The minimum Gasteiger partial charge on any atom is -0.454 e. The van der Waals surface area contributed by atoms with E-state index >= 15 is 0 Å². The molecule has 2 aromatic carbocycles. The number of nitrogens with zero attached hydrogens (tertiary/aromatic N) is 2. The molecule has 3 aromatic rings. The SMILES string of the molecule is S=c1[nH]nc(-c2ccc3c(c2)OCO3)n1-c1ccc2c(c1)OCO2. The van der Waals surface area contributed by atoms with Crippen LogP contribution in [0.15, 0.2) is 36.4 Å². The van der Waals surface area contributed by atoms with Gasteiger partial charge in [0, 0.05) is 11.6 Å². The molecule has 0 spiro atoms. The molecule has 0 fully saturated rings. The van der Waals surface area contributed by atoms with Crippen molar-refractivity contribution in [3.05, 3.63) is 41.2 Å². The third-order valence-corrected chi connectivity index (χ3v) is 4.19. The highest BCUT2D eigenvalue weighted by Gasteiger charge is 2.19. The first-order chi connectivity index (χ1) is 11.8. The van der Waals surface area contributed by atoms with E-state index in [0.717, 1.165) is 22.7 Å². The Morgan fingerprint density at radius 2 is 1.54 bits per heavy atom. The summed E-state index contributed by atoms with van der Waals surface area (Å²) in [5, 5.41) is 7.20. The predicted molar refractivity (Wildman–Crippen MR) is 86.4 cm³/mol. The van der Waals surface area contributed by atoms with Crippen molar-refractivity contribution >= 4 is 12.2 Å². The summed E-state index contributed by atoms with van der Waals surface area (Å²) in [6, 6.07) is 11.3. The van der Waals surface area contributed by atoms with E-state index in [0.29, 0.717) is 22.1 Å². The number of aromatic nitrogens is 3. The van der Waals surface area contributed by atoms with Gasteiger partial charge in [-0.3, -0.25) is 9.67 Å². The van der Waals surface area contributed by atoms with Gasteiger partial charge in [0.2, 0.25) is 13.6 Å². The second-order valence-corrected chi connectivity index (χ2v) is 5.68. The van der Waals surface area contributed by atoms with Crippen molar-refractivity contribution in [3.63, 3.8) is 0 Å². The van der Waals surface area contributed by atoms with Crippen LogP contribution in [0.3, 0.4) is 0 Å². The van der Waals surface area contributed by atoms with E-state index in [2.05, 4.69) is 10.2 Å². The van der Waals surface area contributed by atoms with E-state index in [1.807, 2.05) is 41.0 Å². The van der Waals surface area contributed by atoms with E-state index in [4.69, 9.17) is 31.2 Å². The molecule has 0 radical (unpaired) electrons. The zero-order valence-electron chi connectivity index (χ0n) is 12.3. The molecule has 2 aliphatic heterocycles. The quantitative estimate of drug-likeness (QED) is 0.723. The van der Waals surface area contributed by atoms with Crippen LogP contribution in [-0.4, -0.2) is 28.4 Å². The molecule has 8 heteroatoms. The average molecular weight is 341 g/mol. The van der Waals surface area contributed by atoms with Crippen LogP contribution in [0.2, 0.25) is 0 Å². The molecule has 0 amide bonds. The number of nitrogens with one attached hydrogen (secondary N) is 1. The highest BCUT2D eigenvalue weighted by atomic mass is 32.1. The van der Waals surface area contributed by atoms with E-state index in [1.165, 1.54) is 0 Å². The summed E-state index contributed by atoms with van der Waals surface area (Å²) in [5.41, 5.74) is 1.70. The van der Waals surface area contributed by atoms with E-state index in [9.17, 15) is 0 Å². The van der Waals surface area contributed by atoms with Crippen molar-refractivity contribution in [3.8, 4) is 40.1 Å². The Labute approximate surface area is 141 Å².